The van der Waals surface area contributed by atoms with Gasteiger partial charge in [-0.1, -0.05) is 0 Å². The lowest BCUT2D eigenvalue weighted by atomic mass is 10.0. The second-order valence-electron chi connectivity index (χ2n) is 3.34. The average molecular weight is 163 g/mol. The number of nitrogens with zero attached hydrogens (tertiary/aromatic N) is 3. The van der Waals surface area contributed by atoms with Crippen LogP contribution in [0.1, 0.15) is 24.2 Å². The van der Waals surface area contributed by atoms with E-state index in [4.69, 9.17) is 0 Å². The fourth-order valence-electron chi connectivity index (χ4n) is 1.64. The Hall–Kier alpha value is -0.960. The zero-order chi connectivity index (χ0) is 8.55. The number of hydrogen-bond donors (Lipinski definition) is 0. The van der Waals surface area contributed by atoms with E-state index in [0.717, 1.165) is 13.0 Å². The van der Waals surface area contributed by atoms with Gasteiger partial charge < -0.3 is 0 Å². The van der Waals surface area contributed by atoms with Crippen molar-refractivity contribution in [3.05, 3.63) is 23.8 Å². The standard InChI is InChI=1S/C9H13N3/c1-7-9-8(3-4-12(7)2)5-10-6-11-9/h5-7H,3-4H2,1-2H3. The SMILES string of the molecule is CC1c2ncncc2CCN1C. The smallest absolute Gasteiger partial charge is 0.115 e. The van der Waals surface area contributed by atoms with E-state index < -0.39 is 0 Å². The summed E-state index contributed by atoms with van der Waals surface area (Å²) < 4.78 is 0. The van der Waals surface area contributed by atoms with Gasteiger partial charge in [-0.15, -0.1) is 0 Å². The zero-order valence-electron chi connectivity index (χ0n) is 7.49. The normalized spacial score (nSPS) is 23.7. The van der Waals surface area contributed by atoms with E-state index in [1.807, 2.05) is 6.20 Å². The summed E-state index contributed by atoms with van der Waals surface area (Å²) in [5.74, 6) is 0. The largest absolute Gasteiger partial charge is 0.298 e. The Morgan fingerprint density at radius 3 is 3.25 bits per heavy atom. The predicted octanol–water partition coefficient (Wildman–Crippen LogP) is 1.03. The van der Waals surface area contributed by atoms with Crippen LogP contribution < -0.4 is 0 Å². The summed E-state index contributed by atoms with van der Waals surface area (Å²) >= 11 is 0. The van der Waals surface area contributed by atoms with Crippen LogP contribution >= 0.6 is 0 Å². The first-order chi connectivity index (χ1) is 5.79. The van der Waals surface area contributed by atoms with E-state index >= 15 is 0 Å². The lowest BCUT2D eigenvalue weighted by molar-refractivity contribution is 0.241. The highest BCUT2D eigenvalue weighted by Crippen LogP contribution is 2.24. The molecule has 0 saturated heterocycles. The third kappa shape index (κ3) is 1.10. The van der Waals surface area contributed by atoms with Crippen LogP contribution in [0, 0.1) is 0 Å². The van der Waals surface area contributed by atoms with Crippen LogP contribution in [-0.2, 0) is 6.42 Å². The molecule has 0 aliphatic carbocycles. The molecule has 1 aromatic rings. The molecule has 0 N–H and O–H groups in total. The maximum atomic E-state index is 4.30. The Bertz CT molecular complexity index is 285. The van der Waals surface area contributed by atoms with Gasteiger partial charge in [0.25, 0.3) is 0 Å². The summed E-state index contributed by atoms with van der Waals surface area (Å²) in [5.41, 5.74) is 2.50. The summed E-state index contributed by atoms with van der Waals surface area (Å²) in [7, 11) is 2.13. The molecule has 0 fully saturated rings. The van der Waals surface area contributed by atoms with Crippen molar-refractivity contribution in [2.24, 2.45) is 0 Å². The van der Waals surface area contributed by atoms with Crippen LogP contribution in [0.3, 0.4) is 0 Å². The Balaban J connectivity index is 2.42. The van der Waals surface area contributed by atoms with Gasteiger partial charge in [-0.3, -0.25) is 4.90 Å². The first kappa shape index (κ1) is 7.68. The molecule has 0 bridgehead atoms. The first-order valence-corrected chi connectivity index (χ1v) is 4.28. The van der Waals surface area contributed by atoms with Crippen molar-refractivity contribution in [1.29, 1.82) is 0 Å². The maximum absolute atomic E-state index is 4.30. The van der Waals surface area contributed by atoms with E-state index in [0.29, 0.717) is 6.04 Å². The number of rotatable bonds is 0. The Morgan fingerprint density at radius 2 is 2.42 bits per heavy atom. The Morgan fingerprint density at radius 1 is 1.58 bits per heavy atom. The van der Waals surface area contributed by atoms with Crippen LogP contribution in [0.15, 0.2) is 12.5 Å². The predicted molar refractivity (Wildman–Crippen MR) is 46.8 cm³/mol. The number of likely N-dealkylation sites (N-methyl/N-ethyl adjacent to an activating group) is 1. The van der Waals surface area contributed by atoms with Crippen LogP contribution in [0.2, 0.25) is 0 Å². The van der Waals surface area contributed by atoms with Crippen LogP contribution in [0.5, 0.6) is 0 Å². The summed E-state index contributed by atoms with van der Waals surface area (Å²) in [5, 5.41) is 0. The number of fused-ring (bicyclic) bond motifs is 1. The van der Waals surface area contributed by atoms with Crippen molar-refractivity contribution >= 4 is 0 Å². The molecule has 2 heterocycles. The van der Waals surface area contributed by atoms with Gasteiger partial charge in [0.2, 0.25) is 0 Å². The molecule has 3 nitrogen and oxygen atoms in total. The molecule has 64 valence electrons. The maximum Gasteiger partial charge on any atom is 0.115 e. The highest BCUT2D eigenvalue weighted by molar-refractivity contribution is 5.22. The molecule has 0 radical (unpaired) electrons. The molecule has 1 aliphatic rings. The monoisotopic (exact) mass is 163 g/mol. The van der Waals surface area contributed by atoms with Crippen molar-refractivity contribution < 1.29 is 0 Å². The highest BCUT2D eigenvalue weighted by atomic mass is 15.1. The quantitative estimate of drug-likeness (QED) is 0.572. The van der Waals surface area contributed by atoms with Crippen molar-refractivity contribution in [3.8, 4) is 0 Å². The molecule has 1 atom stereocenters. The molecule has 1 aromatic heterocycles. The van der Waals surface area contributed by atoms with Gasteiger partial charge in [0.1, 0.15) is 6.33 Å². The van der Waals surface area contributed by atoms with Crippen LogP contribution in [0.4, 0.5) is 0 Å². The number of aromatic nitrogens is 2. The number of hydrogen-bond acceptors (Lipinski definition) is 3. The lowest BCUT2D eigenvalue weighted by Crippen LogP contribution is -2.31. The Kier molecular flexibility index (Phi) is 1.81. The molecular weight excluding hydrogens is 150 g/mol. The van der Waals surface area contributed by atoms with Crippen LogP contribution in [-0.4, -0.2) is 28.5 Å². The molecule has 0 saturated carbocycles. The van der Waals surface area contributed by atoms with Crippen molar-refractivity contribution in [3.63, 3.8) is 0 Å². The fourth-order valence-corrected chi connectivity index (χ4v) is 1.64. The van der Waals surface area contributed by atoms with E-state index in [-0.39, 0.29) is 0 Å². The molecule has 0 amide bonds. The second-order valence-corrected chi connectivity index (χ2v) is 3.34. The summed E-state index contributed by atoms with van der Waals surface area (Å²) in [6.07, 6.45) is 4.65. The highest BCUT2D eigenvalue weighted by Gasteiger charge is 2.21. The molecule has 12 heavy (non-hydrogen) atoms. The average Bonchev–Trinajstić information content (AvgIpc) is 2.12. The summed E-state index contributed by atoms with van der Waals surface area (Å²) in [6, 6.07) is 0.441. The fraction of sp³-hybridized carbons (Fsp3) is 0.556. The summed E-state index contributed by atoms with van der Waals surface area (Å²) in [4.78, 5) is 10.6. The van der Waals surface area contributed by atoms with Crippen molar-refractivity contribution in [1.82, 2.24) is 14.9 Å². The van der Waals surface area contributed by atoms with E-state index in [2.05, 4.69) is 28.8 Å². The first-order valence-electron chi connectivity index (χ1n) is 4.28. The molecule has 3 heteroatoms. The molecule has 0 aromatic carbocycles. The van der Waals surface area contributed by atoms with Gasteiger partial charge in [-0.05, 0) is 26.0 Å². The zero-order valence-corrected chi connectivity index (χ0v) is 7.49. The third-order valence-corrected chi connectivity index (χ3v) is 2.61. The minimum absolute atomic E-state index is 0.441. The topological polar surface area (TPSA) is 29.0 Å². The second kappa shape index (κ2) is 2.83. The third-order valence-electron chi connectivity index (χ3n) is 2.61. The van der Waals surface area contributed by atoms with Crippen LogP contribution in [0.25, 0.3) is 0 Å². The molecular formula is C9H13N3. The van der Waals surface area contributed by atoms with Gasteiger partial charge >= 0.3 is 0 Å². The molecule has 0 spiro atoms. The Labute approximate surface area is 72.4 Å². The molecule has 1 unspecified atom stereocenters. The minimum Gasteiger partial charge on any atom is -0.298 e. The summed E-state index contributed by atoms with van der Waals surface area (Å²) in [6.45, 7) is 3.30. The van der Waals surface area contributed by atoms with E-state index in [1.54, 1.807) is 6.33 Å². The lowest BCUT2D eigenvalue weighted by Gasteiger charge is -2.30. The van der Waals surface area contributed by atoms with Gasteiger partial charge in [-0.25, -0.2) is 9.97 Å². The van der Waals surface area contributed by atoms with E-state index in [9.17, 15) is 0 Å². The van der Waals surface area contributed by atoms with Crippen molar-refractivity contribution in [2.45, 2.75) is 19.4 Å². The van der Waals surface area contributed by atoms with Gasteiger partial charge in [0.15, 0.2) is 0 Å². The van der Waals surface area contributed by atoms with Gasteiger partial charge in [-0.2, -0.15) is 0 Å². The van der Waals surface area contributed by atoms with E-state index in [1.165, 1.54) is 11.3 Å². The van der Waals surface area contributed by atoms with Gasteiger partial charge in [0, 0.05) is 18.8 Å². The molecule has 1 aliphatic heterocycles. The van der Waals surface area contributed by atoms with Gasteiger partial charge in [0.05, 0.1) is 5.69 Å². The minimum atomic E-state index is 0.441. The molecule has 2 rings (SSSR count). The van der Waals surface area contributed by atoms with Crippen molar-refractivity contribution in [2.75, 3.05) is 13.6 Å².